The molecule has 0 amide bonds. The minimum Gasteiger partial charge on any atom is -0.480 e. The van der Waals surface area contributed by atoms with Crippen molar-refractivity contribution in [1.29, 1.82) is 0 Å². The van der Waals surface area contributed by atoms with Crippen LogP contribution >= 0.6 is 0 Å². The molecule has 0 spiro atoms. The molecule has 0 fully saturated rings. The third kappa shape index (κ3) is 2.58. The third-order valence-electron chi connectivity index (χ3n) is 2.39. The summed E-state index contributed by atoms with van der Waals surface area (Å²) in [6.45, 7) is 0. The first-order chi connectivity index (χ1) is 8.74. The number of rotatable bonds is 4. The van der Waals surface area contributed by atoms with Gasteiger partial charge < -0.3 is 4.74 Å². The Kier molecular flexibility index (Phi) is 3.75. The number of nitrogens with zero attached hydrogens (tertiary/aromatic N) is 3. The van der Waals surface area contributed by atoms with Crippen LogP contribution < -0.4 is 16.0 Å². The Bertz CT molecular complexity index is 519. The van der Waals surface area contributed by atoms with Crippen LogP contribution in [-0.4, -0.2) is 22.3 Å². The zero-order chi connectivity index (χ0) is 13.0. The van der Waals surface area contributed by atoms with Crippen LogP contribution in [0.25, 0.3) is 0 Å². The molecule has 2 aromatic rings. The lowest BCUT2D eigenvalue weighted by molar-refractivity contribution is 0.390. The number of hydrazine groups is 1. The van der Waals surface area contributed by atoms with E-state index in [9.17, 15) is 4.39 Å². The van der Waals surface area contributed by atoms with Crippen LogP contribution in [0.3, 0.4) is 0 Å². The summed E-state index contributed by atoms with van der Waals surface area (Å²) in [5.74, 6) is 5.42. The Morgan fingerprint density at radius 3 is 2.72 bits per heavy atom. The van der Waals surface area contributed by atoms with E-state index in [1.165, 1.54) is 19.4 Å². The van der Waals surface area contributed by atoms with Gasteiger partial charge >= 0.3 is 0 Å². The second kappa shape index (κ2) is 5.48. The molecule has 1 unspecified atom stereocenters. The Morgan fingerprint density at radius 1 is 1.33 bits per heavy atom. The fourth-order valence-corrected chi connectivity index (χ4v) is 1.53. The summed E-state index contributed by atoms with van der Waals surface area (Å²) in [5.41, 5.74) is 3.66. The van der Waals surface area contributed by atoms with E-state index in [2.05, 4.69) is 20.6 Å². The zero-order valence-electron chi connectivity index (χ0n) is 9.67. The van der Waals surface area contributed by atoms with Crippen LogP contribution in [0.5, 0.6) is 5.88 Å². The van der Waals surface area contributed by atoms with Gasteiger partial charge in [0.15, 0.2) is 0 Å². The predicted octanol–water partition coefficient (Wildman–Crippen LogP) is 0.572. The summed E-state index contributed by atoms with van der Waals surface area (Å²) in [6, 6.07) is 4.20. The predicted molar refractivity (Wildman–Crippen MR) is 61.9 cm³/mol. The number of halogens is 1. The van der Waals surface area contributed by atoms with Gasteiger partial charge in [-0.2, -0.15) is 0 Å². The highest BCUT2D eigenvalue weighted by molar-refractivity contribution is 5.26. The molecule has 3 N–H and O–H groups in total. The fraction of sp³-hybridized carbons (Fsp3) is 0.182. The van der Waals surface area contributed by atoms with Crippen molar-refractivity contribution in [1.82, 2.24) is 20.6 Å². The van der Waals surface area contributed by atoms with Crippen LogP contribution in [0.15, 0.2) is 30.6 Å². The molecule has 0 saturated heterocycles. The summed E-state index contributed by atoms with van der Waals surface area (Å²) >= 11 is 0. The molecule has 0 aliphatic rings. The second-order valence-corrected chi connectivity index (χ2v) is 3.54. The van der Waals surface area contributed by atoms with E-state index in [-0.39, 0.29) is 0 Å². The van der Waals surface area contributed by atoms with Gasteiger partial charge in [-0.15, -0.1) is 10.2 Å². The van der Waals surface area contributed by atoms with Gasteiger partial charge in [0.05, 0.1) is 25.0 Å². The average molecular weight is 249 g/mol. The van der Waals surface area contributed by atoms with Crippen molar-refractivity contribution >= 4 is 0 Å². The molecule has 1 atom stereocenters. The van der Waals surface area contributed by atoms with Crippen LogP contribution in [0.2, 0.25) is 0 Å². The molecule has 94 valence electrons. The van der Waals surface area contributed by atoms with Crippen molar-refractivity contribution in [2.45, 2.75) is 6.04 Å². The molecule has 0 bridgehead atoms. The van der Waals surface area contributed by atoms with Crippen molar-refractivity contribution in [2.75, 3.05) is 7.11 Å². The van der Waals surface area contributed by atoms with Gasteiger partial charge in [-0.1, -0.05) is 0 Å². The Labute approximate surface area is 103 Å². The van der Waals surface area contributed by atoms with E-state index in [1.54, 1.807) is 12.1 Å². The lowest BCUT2D eigenvalue weighted by Gasteiger charge is -2.14. The Morgan fingerprint density at radius 2 is 2.17 bits per heavy atom. The number of hydrogen-bond acceptors (Lipinski definition) is 6. The van der Waals surface area contributed by atoms with Gasteiger partial charge in [0.25, 0.3) is 0 Å². The van der Waals surface area contributed by atoms with E-state index in [1.807, 2.05) is 0 Å². The van der Waals surface area contributed by atoms with Crippen LogP contribution in [0, 0.1) is 5.82 Å². The molecule has 0 aromatic carbocycles. The smallest absolute Gasteiger partial charge is 0.233 e. The molecular formula is C11H12FN5O. The SMILES string of the molecule is COc1ccc(C(NN)c2cncc(F)c2)nn1. The number of aromatic nitrogens is 3. The summed E-state index contributed by atoms with van der Waals surface area (Å²) in [4.78, 5) is 3.77. The quantitative estimate of drug-likeness (QED) is 0.608. The fourth-order valence-electron chi connectivity index (χ4n) is 1.53. The van der Waals surface area contributed by atoms with Crippen LogP contribution in [0.4, 0.5) is 4.39 Å². The maximum atomic E-state index is 13.1. The normalized spacial score (nSPS) is 12.2. The average Bonchev–Trinajstić information content (AvgIpc) is 2.40. The van der Waals surface area contributed by atoms with Crippen molar-refractivity contribution < 1.29 is 9.13 Å². The number of ether oxygens (including phenoxy) is 1. The molecule has 7 heteroatoms. The third-order valence-corrected chi connectivity index (χ3v) is 2.39. The molecule has 0 aliphatic heterocycles. The van der Waals surface area contributed by atoms with Gasteiger partial charge in [0, 0.05) is 12.3 Å². The van der Waals surface area contributed by atoms with E-state index in [0.717, 1.165) is 6.20 Å². The number of nitrogens with two attached hydrogens (primary N) is 1. The van der Waals surface area contributed by atoms with Crippen LogP contribution in [0.1, 0.15) is 17.3 Å². The summed E-state index contributed by atoms with van der Waals surface area (Å²) in [7, 11) is 1.50. The maximum absolute atomic E-state index is 13.1. The van der Waals surface area contributed by atoms with Crippen molar-refractivity contribution in [3.8, 4) is 5.88 Å². The topological polar surface area (TPSA) is 86.0 Å². The summed E-state index contributed by atoms with van der Waals surface area (Å²) < 4.78 is 18.0. The lowest BCUT2D eigenvalue weighted by Crippen LogP contribution is -2.29. The Balaban J connectivity index is 2.32. The second-order valence-electron chi connectivity index (χ2n) is 3.54. The largest absolute Gasteiger partial charge is 0.480 e. The highest BCUT2D eigenvalue weighted by Crippen LogP contribution is 2.19. The van der Waals surface area contributed by atoms with Gasteiger partial charge in [-0.3, -0.25) is 10.8 Å². The van der Waals surface area contributed by atoms with Crippen molar-refractivity contribution in [3.63, 3.8) is 0 Å². The molecule has 2 heterocycles. The summed E-state index contributed by atoms with van der Waals surface area (Å²) in [5, 5.41) is 7.79. The molecule has 6 nitrogen and oxygen atoms in total. The minimum absolute atomic E-state index is 0.395. The van der Waals surface area contributed by atoms with E-state index >= 15 is 0 Å². The number of pyridine rings is 1. The highest BCUT2D eigenvalue weighted by atomic mass is 19.1. The van der Waals surface area contributed by atoms with Gasteiger partial charge in [-0.25, -0.2) is 9.82 Å². The van der Waals surface area contributed by atoms with E-state index in [0.29, 0.717) is 17.1 Å². The zero-order valence-corrected chi connectivity index (χ0v) is 9.67. The van der Waals surface area contributed by atoms with Gasteiger partial charge in [-0.05, 0) is 17.7 Å². The first-order valence-electron chi connectivity index (χ1n) is 5.19. The summed E-state index contributed by atoms with van der Waals surface area (Å²) in [6.07, 6.45) is 2.64. The standard InChI is InChI=1S/C11H12FN5O/c1-18-10-3-2-9(16-17-10)11(15-13)7-4-8(12)6-14-5-7/h2-6,11,15H,13H2,1H3. The maximum Gasteiger partial charge on any atom is 0.233 e. The molecular weight excluding hydrogens is 237 g/mol. The molecule has 0 aliphatic carbocycles. The molecule has 0 saturated carbocycles. The molecule has 18 heavy (non-hydrogen) atoms. The Hall–Kier alpha value is -2.12. The number of nitrogens with one attached hydrogen (secondary N) is 1. The first-order valence-corrected chi connectivity index (χ1v) is 5.19. The van der Waals surface area contributed by atoms with E-state index < -0.39 is 11.9 Å². The monoisotopic (exact) mass is 249 g/mol. The number of hydrogen-bond donors (Lipinski definition) is 2. The lowest BCUT2D eigenvalue weighted by atomic mass is 10.1. The van der Waals surface area contributed by atoms with Crippen molar-refractivity contribution in [2.24, 2.45) is 5.84 Å². The van der Waals surface area contributed by atoms with Crippen LogP contribution in [-0.2, 0) is 0 Å². The molecule has 2 aromatic heterocycles. The minimum atomic E-state index is -0.480. The first kappa shape index (κ1) is 12.3. The molecule has 0 radical (unpaired) electrons. The number of methoxy groups -OCH3 is 1. The highest BCUT2D eigenvalue weighted by Gasteiger charge is 2.15. The van der Waals surface area contributed by atoms with E-state index in [4.69, 9.17) is 10.6 Å². The van der Waals surface area contributed by atoms with Gasteiger partial charge in [0.1, 0.15) is 5.82 Å². The molecule has 2 rings (SSSR count). The van der Waals surface area contributed by atoms with Gasteiger partial charge in [0.2, 0.25) is 5.88 Å². The van der Waals surface area contributed by atoms with Crippen molar-refractivity contribution in [3.05, 3.63) is 47.7 Å².